The highest BCUT2D eigenvalue weighted by Gasteiger charge is 2.29. The molecule has 1 aliphatic heterocycles. The van der Waals surface area contributed by atoms with Gasteiger partial charge >= 0.3 is 6.61 Å². The predicted molar refractivity (Wildman–Crippen MR) is 86.1 cm³/mol. The van der Waals surface area contributed by atoms with Gasteiger partial charge in [-0.3, -0.25) is 4.79 Å². The molecule has 0 aliphatic carbocycles. The first-order valence-electron chi connectivity index (χ1n) is 7.85. The average Bonchev–Trinajstić information content (AvgIpc) is 3.08. The molecule has 1 atom stereocenters. The van der Waals surface area contributed by atoms with E-state index in [0.29, 0.717) is 18.8 Å². The highest BCUT2D eigenvalue weighted by Crippen LogP contribution is 2.24. The number of ether oxygens (including phenoxy) is 1. The third kappa shape index (κ3) is 3.91. The minimum absolute atomic E-state index is 0.000635. The zero-order valence-corrected chi connectivity index (χ0v) is 13.0. The maximum Gasteiger partial charge on any atom is 0.387 e. The first-order valence-corrected chi connectivity index (χ1v) is 7.85. The lowest BCUT2D eigenvalue weighted by atomic mass is 10.0. The number of hydrogen-bond acceptors (Lipinski definition) is 3. The number of benzene rings is 1. The molecule has 3 rings (SSSR count). The van der Waals surface area contributed by atoms with E-state index in [2.05, 4.69) is 15.0 Å². The van der Waals surface area contributed by atoms with Gasteiger partial charge in [-0.2, -0.15) is 8.78 Å². The smallest absolute Gasteiger partial charge is 0.387 e. The summed E-state index contributed by atoms with van der Waals surface area (Å²) in [6.45, 7) is -1.61. The van der Waals surface area contributed by atoms with Crippen molar-refractivity contribution in [2.45, 2.75) is 32.0 Å². The van der Waals surface area contributed by atoms with Gasteiger partial charge in [-0.1, -0.05) is 0 Å². The molecule has 2 N–H and O–H groups in total. The summed E-state index contributed by atoms with van der Waals surface area (Å²) in [5.74, 6) is 0.0830. The topological polar surface area (TPSA) is 57.4 Å². The highest BCUT2D eigenvalue weighted by molar-refractivity contribution is 5.97. The van der Waals surface area contributed by atoms with Crippen molar-refractivity contribution < 1.29 is 18.3 Å². The fourth-order valence-corrected chi connectivity index (χ4v) is 2.84. The van der Waals surface area contributed by atoms with E-state index in [1.807, 2.05) is 18.5 Å². The normalized spacial score (nSPS) is 18.2. The molecule has 1 aromatic carbocycles. The van der Waals surface area contributed by atoms with Gasteiger partial charge in [-0.25, -0.2) is 0 Å². The van der Waals surface area contributed by atoms with E-state index in [1.54, 1.807) is 17.0 Å². The number of rotatable bonds is 6. The van der Waals surface area contributed by atoms with E-state index in [4.69, 9.17) is 0 Å². The van der Waals surface area contributed by atoms with E-state index in [0.717, 1.165) is 18.4 Å². The van der Waals surface area contributed by atoms with Crippen molar-refractivity contribution in [3.8, 4) is 5.75 Å². The van der Waals surface area contributed by atoms with Gasteiger partial charge in [0, 0.05) is 31.2 Å². The Bertz CT molecular complexity index is 659. The van der Waals surface area contributed by atoms with Gasteiger partial charge in [-0.15, -0.1) is 0 Å². The van der Waals surface area contributed by atoms with E-state index >= 15 is 0 Å². The Morgan fingerprint density at radius 3 is 2.75 bits per heavy atom. The Labute approximate surface area is 138 Å². The number of piperidine rings is 1. The van der Waals surface area contributed by atoms with Crippen LogP contribution in [0.5, 0.6) is 5.75 Å². The Kier molecular flexibility index (Phi) is 5.10. The summed E-state index contributed by atoms with van der Waals surface area (Å²) < 4.78 is 28.7. The second-order valence-corrected chi connectivity index (χ2v) is 5.66. The molecule has 0 saturated carbocycles. The summed E-state index contributed by atoms with van der Waals surface area (Å²) in [4.78, 5) is 17.3. The largest absolute Gasteiger partial charge is 0.435 e. The Hall–Kier alpha value is -2.41. The number of carbonyl (C=O) groups excluding carboxylic acids is 1. The molecule has 1 saturated heterocycles. The summed E-state index contributed by atoms with van der Waals surface area (Å²) in [5.41, 5.74) is 1.78. The maximum absolute atomic E-state index is 12.7. The van der Waals surface area contributed by atoms with Gasteiger partial charge in [0.1, 0.15) is 5.75 Å². The van der Waals surface area contributed by atoms with E-state index in [9.17, 15) is 13.6 Å². The molecule has 0 radical (unpaired) electrons. The van der Waals surface area contributed by atoms with Crippen LogP contribution in [0.3, 0.4) is 0 Å². The Balaban J connectivity index is 1.63. The maximum atomic E-state index is 12.7. The van der Waals surface area contributed by atoms with Crippen LogP contribution in [0.2, 0.25) is 0 Å². The van der Waals surface area contributed by atoms with Crippen LogP contribution < -0.4 is 15.0 Å². The van der Waals surface area contributed by atoms with Gasteiger partial charge in [0.25, 0.3) is 0 Å². The predicted octanol–water partition coefficient (Wildman–Crippen LogP) is 2.90. The van der Waals surface area contributed by atoms with Crippen molar-refractivity contribution in [3.63, 3.8) is 0 Å². The van der Waals surface area contributed by atoms with Crippen LogP contribution in [0.15, 0.2) is 42.7 Å². The highest BCUT2D eigenvalue weighted by atomic mass is 19.3. The van der Waals surface area contributed by atoms with Crippen LogP contribution in [-0.4, -0.2) is 30.1 Å². The van der Waals surface area contributed by atoms with Crippen LogP contribution in [0.4, 0.5) is 14.5 Å². The van der Waals surface area contributed by atoms with Gasteiger partial charge in [0.15, 0.2) is 0 Å². The number of aromatic nitrogens is 1. The molecule has 1 amide bonds. The van der Waals surface area contributed by atoms with Gasteiger partial charge < -0.3 is 19.9 Å². The van der Waals surface area contributed by atoms with Crippen LogP contribution in [0.25, 0.3) is 0 Å². The first-order chi connectivity index (χ1) is 11.6. The minimum atomic E-state index is -2.85. The van der Waals surface area contributed by atoms with Crippen LogP contribution in [0.1, 0.15) is 18.4 Å². The summed E-state index contributed by atoms with van der Waals surface area (Å²) in [6.07, 6.45) is 5.40. The molecular weight excluding hydrogens is 316 g/mol. The molecule has 1 aliphatic rings. The monoisotopic (exact) mass is 335 g/mol. The van der Waals surface area contributed by atoms with Crippen molar-refractivity contribution in [2.24, 2.45) is 0 Å². The number of alkyl halides is 2. The third-order valence-corrected chi connectivity index (χ3v) is 4.03. The fraction of sp³-hybridized carbons (Fsp3) is 0.353. The van der Waals surface area contributed by atoms with Crippen LogP contribution in [0, 0.1) is 0 Å². The molecule has 24 heavy (non-hydrogen) atoms. The number of hydrogen-bond donors (Lipinski definition) is 2. The third-order valence-electron chi connectivity index (χ3n) is 4.03. The second-order valence-electron chi connectivity index (χ2n) is 5.66. The Morgan fingerprint density at radius 2 is 2.08 bits per heavy atom. The summed E-state index contributed by atoms with van der Waals surface area (Å²) in [7, 11) is 0. The summed E-state index contributed by atoms with van der Waals surface area (Å²) >= 11 is 0. The lowest BCUT2D eigenvalue weighted by molar-refractivity contribution is -0.121. The standard InChI is InChI=1S/C17H19F2N3O2/c18-17(19)24-14-5-3-13(4-6-14)22-9-1-2-15(16(22)23)21-11-12-7-8-20-10-12/h3-8,10,15,17,20-21H,1-2,9,11H2/t15-/m1/s1. The number of nitrogens with one attached hydrogen (secondary N) is 2. The second kappa shape index (κ2) is 7.44. The van der Waals surface area contributed by atoms with E-state index in [1.165, 1.54) is 12.1 Å². The van der Waals surface area contributed by atoms with E-state index < -0.39 is 6.61 Å². The minimum Gasteiger partial charge on any atom is -0.435 e. The van der Waals surface area contributed by atoms with Crippen LogP contribution >= 0.6 is 0 Å². The molecular formula is C17H19F2N3O2. The molecule has 2 aromatic rings. The Morgan fingerprint density at radius 1 is 1.29 bits per heavy atom. The quantitative estimate of drug-likeness (QED) is 0.853. The summed E-state index contributed by atoms with van der Waals surface area (Å²) in [5, 5.41) is 3.28. The molecule has 5 nitrogen and oxygen atoms in total. The van der Waals surface area contributed by atoms with Crippen molar-refractivity contribution >= 4 is 11.6 Å². The molecule has 1 aromatic heterocycles. The molecule has 0 spiro atoms. The number of anilines is 1. The number of aromatic amines is 1. The zero-order valence-electron chi connectivity index (χ0n) is 13.0. The lowest BCUT2D eigenvalue weighted by Gasteiger charge is -2.32. The molecule has 0 unspecified atom stereocenters. The fourth-order valence-electron chi connectivity index (χ4n) is 2.84. The number of halogens is 2. The first kappa shape index (κ1) is 16.4. The van der Waals surface area contributed by atoms with Crippen molar-refractivity contribution in [2.75, 3.05) is 11.4 Å². The number of nitrogens with zero attached hydrogens (tertiary/aromatic N) is 1. The average molecular weight is 335 g/mol. The van der Waals surface area contributed by atoms with E-state index in [-0.39, 0.29) is 17.7 Å². The van der Waals surface area contributed by atoms with Crippen LogP contribution in [-0.2, 0) is 11.3 Å². The molecule has 2 heterocycles. The number of H-pyrrole nitrogens is 1. The van der Waals surface area contributed by atoms with Gasteiger partial charge in [-0.05, 0) is 48.7 Å². The summed E-state index contributed by atoms with van der Waals surface area (Å²) in [6, 6.07) is 7.87. The lowest BCUT2D eigenvalue weighted by Crippen LogP contribution is -2.50. The van der Waals surface area contributed by atoms with Crippen molar-refractivity contribution in [1.82, 2.24) is 10.3 Å². The molecule has 128 valence electrons. The van der Waals surface area contributed by atoms with Crippen molar-refractivity contribution in [3.05, 3.63) is 48.3 Å². The molecule has 1 fully saturated rings. The van der Waals surface area contributed by atoms with Gasteiger partial charge in [0.05, 0.1) is 6.04 Å². The van der Waals surface area contributed by atoms with Gasteiger partial charge in [0.2, 0.25) is 5.91 Å². The molecule has 7 heteroatoms. The SMILES string of the molecule is O=C1[C@H](NCc2cc[nH]c2)CCCN1c1ccc(OC(F)F)cc1. The molecule has 0 bridgehead atoms. The van der Waals surface area contributed by atoms with Crippen molar-refractivity contribution in [1.29, 1.82) is 0 Å². The number of carbonyl (C=O) groups is 1. The number of amides is 1. The zero-order chi connectivity index (χ0) is 16.9.